The summed E-state index contributed by atoms with van der Waals surface area (Å²) in [6, 6.07) is 21.2. The first-order chi connectivity index (χ1) is 19.2. The van der Waals surface area contributed by atoms with Gasteiger partial charge in [-0.05, 0) is 62.1 Å². The molecule has 0 spiro atoms. The van der Waals surface area contributed by atoms with Crippen LogP contribution in [-0.4, -0.2) is 50.3 Å². The normalized spacial score (nSPS) is 14.5. The van der Waals surface area contributed by atoms with Gasteiger partial charge in [0.2, 0.25) is 11.8 Å². The number of halogens is 2. The fourth-order valence-corrected chi connectivity index (χ4v) is 6.57. The molecule has 7 nitrogen and oxygen atoms in total. The standard InChI is InChI=1S/C30H33Cl2N3O4S/c1-22(30(37)33-24-12-8-9-13-24)34(19-18-23-10-4-2-5-11-23)29(36)21-35(25-16-17-27(31)28(32)20-25)40(38,39)26-14-6-3-7-15-26/h2-7,10-11,14-17,20,22,24H,8-9,12-13,18-19,21H2,1H3,(H,33,37)/t22-/m0/s1. The van der Waals surface area contributed by atoms with Crippen LogP contribution in [-0.2, 0) is 26.0 Å². The van der Waals surface area contributed by atoms with Crippen molar-refractivity contribution in [2.24, 2.45) is 0 Å². The molecule has 1 N–H and O–H groups in total. The number of nitrogens with zero attached hydrogens (tertiary/aromatic N) is 2. The summed E-state index contributed by atoms with van der Waals surface area (Å²) < 4.78 is 28.6. The number of anilines is 1. The van der Waals surface area contributed by atoms with Gasteiger partial charge in [0.25, 0.3) is 10.0 Å². The quantitative estimate of drug-likeness (QED) is 0.305. The first-order valence-electron chi connectivity index (χ1n) is 13.3. The first-order valence-corrected chi connectivity index (χ1v) is 15.5. The van der Waals surface area contributed by atoms with Gasteiger partial charge in [0.15, 0.2) is 0 Å². The molecule has 1 saturated carbocycles. The number of sulfonamides is 1. The maximum atomic E-state index is 13.9. The van der Waals surface area contributed by atoms with E-state index in [0.29, 0.717) is 6.42 Å². The predicted molar refractivity (Wildman–Crippen MR) is 159 cm³/mol. The smallest absolute Gasteiger partial charge is 0.264 e. The van der Waals surface area contributed by atoms with Crippen LogP contribution in [0.2, 0.25) is 10.0 Å². The molecule has 1 atom stereocenters. The molecule has 0 aromatic heterocycles. The monoisotopic (exact) mass is 601 g/mol. The number of nitrogens with one attached hydrogen (secondary N) is 1. The third-order valence-electron chi connectivity index (χ3n) is 7.15. The van der Waals surface area contributed by atoms with E-state index in [4.69, 9.17) is 23.2 Å². The third kappa shape index (κ3) is 7.36. The Morgan fingerprint density at radius 1 is 0.925 bits per heavy atom. The van der Waals surface area contributed by atoms with Gasteiger partial charge in [-0.3, -0.25) is 13.9 Å². The Balaban J connectivity index is 1.65. The Morgan fingerprint density at radius 2 is 1.55 bits per heavy atom. The zero-order valence-corrected chi connectivity index (χ0v) is 24.6. The molecule has 0 unspecified atom stereocenters. The molecule has 3 aromatic carbocycles. The van der Waals surface area contributed by atoms with Crippen molar-refractivity contribution in [3.05, 3.63) is 94.5 Å². The molecule has 0 bridgehead atoms. The molecule has 0 heterocycles. The minimum atomic E-state index is -4.16. The van der Waals surface area contributed by atoms with Crippen molar-refractivity contribution in [2.75, 3.05) is 17.4 Å². The lowest BCUT2D eigenvalue weighted by Gasteiger charge is -2.32. The van der Waals surface area contributed by atoms with E-state index >= 15 is 0 Å². The minimum absolute atomic E-state index is 0.0248. The summed E-state index contributed by atoms with van der Waals surface area (Å²) in [6.07, 6.45) is 4.46. The number of hydrogen-bond donors (Lipinski definition) is 1. The molecule has 4 rings (SSSR count). The minimum Gasteiger partial charge on any atom is -0.352 e. The molecule has 0 radical (unpaired) electrons. The molecule has 3 aromatic rings. The fourth-order valence-electron chi connectivity index (χ4n) is 4.85. The van der Waals surface area contributed by atoms with E-state index < -0.39 is 28.5 Å². The maximum absolute atomic E-state index is 13.9. The second kappa shape index (κ2) is 13.5. The van der Waals surface area contributed by atoms with Gasteiger partial charge in [0, 0.05) is 12.6 Å². The Kier molecular flexibility index (Phi) is 10.1. The van der Waals surface area contributed by atoms with Crippen LogP contribution in [0.4, 0.5) is 5.69 Å². The molecule has 0 aliphatic heterocycles. The lowest BCUT2D eigenvalue weighted by Crippen LogP contribution is -2.53. The third-order valence-corrected chi connectivity index (χ3v) is 9.68. The highest BCUT2D eigenvalue weighted by Gasteiger charge is 2.33. The molecule has 212 valence electrons. The van der Waals surface area contributed by atoms with Crippen LogP contribution in [0.15, 0.2) is 83.8 Å². The van der Waals surface area contributed by atoms with Crippen molar-refractivity contribution in [2.45, 2.75) is 56.0 Å². The van der Waals surface area contributed by atoms with E-state index in [2.05, 4.69) is 5.32 Å². The van der Waals surface area contributed by atoms with Gasteiger partial charge >= 0.3 is 0 Å². The number of benzene rings is 3. The maximum Gasteiger partial charge on any atom is 0.264 e. The number of carbonyl (C=O) groups excluding carboxylic acids is 2. The summed E-state index contributed by atoms with van der Waals surface area (Å²) in [7, 11) is -4.16. The molecule has 40 heavy (non-hydrogen) atoms. The van der Waals surface area contributed by atoms with Crippen molar-refractivity contribution in [3.8, 4) is 0 Å². The molecule has 2 amide bonds. The van der Waals surface area contributed by atoms with Crippen molar-refractivity contribution < 1.29 is 18.0 Å². The molecule has 1 aliphatic carbocycles. The van der Waals surface area contributed by atoms with Gasteiger partial charge in [-0.25, -0.2) is 8.42 Å². The van der Waals surface area contributed by atoms with Gasteiger partial charge in [-0.1, -0.05) is 84.6 Å². The van der Waals surface area contributed by atoms with Gasteiger partial charge < -0.3 is 10.2 Å². The summed E-state index contributed by atoms with van der Waals surface area (Å²) in [6.45, 7) is 1.40. The van der Waals surface area contributed by atoms with Gasteiger partial charge in [0.1, 0.15) is 12.6 Å². The fraction of sp³-hybridized carbons (Fsp3) is 0.333. The first kappa shape index (κ1) is 29.9. The lowest BCUT2D eigenvalue weighted by atomic mass is 10.1. The van der Waals surface area contributed by atoms with E-state index in [9.17, 15) is 18.0 Å². The highest BCUT2D eigenvalue weighted by molar-refractivity contribution is 7.92. The van der Waals surface area contributed by atoms with Crippen molar-refractivity contribution in [3.63, 3.8) is 0 Å². The highest BCUT2D eigenvalue weighted by Crippen LogP contribution is 2.31. The second-order valence-electron chi connectivity index (χ2n) is 9.91. The summed E-state index contributed by atoms with van der Waals surface area (Å²) >= 11 is 12.3. The SMILES string of the molecule is C[C@@H](C(=O)NC1CCCC1)N(CCc1ccccc1)C(=O)CN(c1ccc(Cl)c(Cl)c1)S(=O)(=O)c1ccccc1. The zero-order chi connectivity index (χ0) is 28.7. The van der Waals surface area contributed by atoms with E-state index in [1.807, 2.05) is 30.3 Å². The number of carbonyl (C=O) groups is 2. The van der Waals surface area contributed by atoms with Crippen LogP contribution in [0.3, 0.4) is 0 Å². The topological polar surface area (TPSA) is 86.8 Å². The molecular weight excluding hydrogens is 569 g/mol. The van der Waals surface area contributed by atoms with Crippen LogP contribution in [0.1, 0.15) is 38.2 Å². The summed E-state index contributed by atoms with van der Waals surface area (Å²) in [4.78, 5) is 28.7. The average Bonchev–Trinajstić information content (AvgIpc) is 3.47. The molecule has 10 heteroatoms. The predicted octanol–water partition coefficient (Wildman–Crippen LogP) is 5.71. The summed E-state index contributed by atoms with van der Waals surface area (Å²) in [5, 5.41) is 3.49. The highest BCUT2D eigenvalue weighted by atomic mass is 35.5. The average molecular weight is 603 g/mol. The Hall–Kier alpha value is -3.07. The second-order valence-corrected chi connectivity index (χ2v) is 12.6. The largest absolute Gasteiger partial charge is 0.352 e. The molecular formula is C30H33Cl2N3O4S. The number of rotatable bonds is 11. The van der Waals surface area contributed by atoms with Crippen LogP contribution in [0, 0.1) is 0 Å². The molecule has 0 saturated heterocycles. The van der Waals surface area contributed by atoms with Crippen molar-refractivity contribution >= 4 is 50.7 Å². The summed E-state index contributed by atoms with van der Waals surface area (Å²) in [5.41, 5.74) is 1.19. The van der Waals surface area contributed by atoms with Gasteiger partial charge in [0.05, 0.1) is 20.6 Å². The van der Waals surface area contributed by atoms with Crippen LogP contribution < -0.4 is 9.62 Å². The Morgan fingerprint density at radius 3 is 2.17 bits per heavy atom. The van der Waals surface area contributed by atoms with Crippen LogP contribution in [0.5, 0.6) is 0 Å². The summed E-state index contributed by atoms with van der Waals surface area (Å²) in [5.74, 6) is -0.754. The molecule has 1 aliphatic rings. The van der Waals surface area contributed by atoms with E-state index in [1.165, 1.54) is 35.2 Å². The molecule has 1 fully saturated rings. The van der Waals surface area contributed by atoms with E-state index in [1.54, 1.807) is 25.1 Å². The van der Waals surface area contributed by atoms with Gasteiger partial charge in [-0.2, -0.15) is 0 Å². The van der Waals surface area contributed by atoms with Crippen molar-refractivity contribution in [1.29, 1.82) is 0 Å². The number of hydrogen-bond acceptors (Lipinski definition) is 4. The van der Waals surface area contributed by atoms with Crippen molar-refractivity contribution in [1.82, 2.24) is 10.2 Å². The van der Waals surface area contributed by atoms with Crippen LogP contribution >= 0.6 is 23.2 Å². The zero-order valence-electron chi connectivity index (χ0n) is 22.3. The Bertz CT molecular complexity index is 1420. The van der Waals surface area contributed by atoms with Crippen LogP contribution in [0.25, 0.3) is 0 Å². The van der Waals surface area contributed by atoms with Gasteiger partial charge in [-0.15, -0.1) is 0 Å². The lowest BCUT2D eigenvalue weighted by molar-refractivity contribution is -0.139. The van der Waals surface area contributed by atoms with E-state index in [-0.39, 0.29) is 39.1 Å². The number of amides is 2. The Labute approximate surface area is 246 Å². The van der Waals surface area contributed by atoms with E-state index in [0.717, 1.165) is 35.6 Å².